The average molecular weight is 290 g/mol. The van der Waals surface area contributed by atoms with Gasteiger partial charge in [-0.2, -0.15) is 0 Å². The van der Waals surface area contributed by atoms with Gasteiger partial charge in [0, 0.05) is 18.7 Å². The number of nitrogens with one attached hydrogen (secondary N) is 1. The summed E-state index contributed by atoms with van der Waals surface area (Å²) in [5.41, 5.74) is 1.80. The molecule has 0 atom stereocenters. The van der Waals surface area contributed by atoms with Gasteiger partial charge in [0.1, 0.15) is 0 Å². The van der Waals surface area contributed by atoms with Crippen LogP contribution in [0, 0.1) is 0 Å². The molecule has 0 aromatic heterocycles. The summed E-state index contributed by atoms with van der Waals surface area (Å²) < 4.78 is 0. The molecule has 0 saturated heterocycles. The summed E-state index contributed by atoms with van der Waals surface area (Å²) in [6.45, 7) is 5.35. The number of hydrogen-bond donors (Lipinski definition) is 2. The second-order valence-corrected chi connectivity index (χ2v) is 5.17. The second kappa shape index (κ2) is 10.1. The van der Waals surface area contributed by atoms with E-state index in [0.717, 1.165) is 26.1 Å². The normalized spacial score (nSPS) is 11.9. The number of carboxylic acids is 1. The number of hydrogen-bond acceptors (Lipinski definition) is 3. The number of aliphatic carboxylic acids is 1. The summed E-state index contributed by atoms with van der Waals surface area (Å²) in [7, 11) is 2.12. The average Bonchev–Trinajstić information content (AvgIpc) is 2.47. The van der Waals surface area contributed by atoms with E-state index in [1.807, 2.05) is 13.0 Å². The lowest BCUT2D eigenvalue weighted by molar-refractivity contribution is -0.132. The van der Waals surface area contributed by atoms with Crippen LogP contribution in [0.5, 0.6) is 0 Å². The maximum absolute atomic E-state index is 10.8. The monoisotopic (exact) mass is 290 g/mol. The van der Waals surface area contributed by atoms with Gasteiger partial charge < -0.3 is 15.3 Å². The lowest BCUT2D eigenvalue weighted by Gasteiger charge is -2.16. The Balaban J connectivity index is 2.12. The lowest BCUT2D eigenvalue weighted by Crippen LogP contribution is -2.24. The summed E-state index contributed by atoms with van der Waals surface area (Å²) in [6, 6.07) is 10.4. The molecule has 1 aromatic carbocycles. The van der Waals surface area contributed by atoms with Crippen molar-refractivity contribution < 1.29 is 9.90 Å². The van der Waals surface area contributed by atoms with Crippen molar-refractivity contribution >= 4 is 5.97 Å². The lowest BCUT2D eigenvalue weighted by atomic mass is 10.2. The summed E-state index contributed by atoms with van der Waals surface area (Å²) in [4.78, 5) is 13.1. The molecule has 2 N–H and O–H groups in total. The van der Waals surface area contributed by atoms with Crippen LogP contribution in [0.15, 0.2) is 42.0 Å². The number of rotatable bonds is 10. The van der Waals surface area contributed by atoms with Gasteiger partial charge in [0.25, 0.3) is 0 Å². The van der Waals surface area contributed by atoms with Gasteiger partial charge in [-0.3, -0.25) is 0 Å². The first-order chi connectivity index (χ1) is 10.1. The minimum absolute atomic E-state index is 0.476. The SMILES string of the molecule is CC/C(=C/CNCCCN(C)Cc1ccccc1)C(=O)O. The van der Waals surface area contributed by atoms with Crippen molar-refractivity contribution in [2.75, 3.05) is 26.7 Å². The molecule has 1 rings (SSSR count). The molecule has 4 nitrogen and oxygen atoms in total. The van der Waals surface area contributed by atoms with Crippen LogP contribution in [0.3, 0.4) is 0 Å². The molecular formula is C17H26N2O2. The van der Waals surface area contributed by atoms with Gasteiger partial charge in [0.15, 0.2) is 0 Å². The molecule has 0 heterocycles. The highest BCUT2D eigenvalue weighted by atomic mass is 16.4. The predicted molar refractivity (Wildman–Crippen MR) is 86.3 cm³/mol. The van der Waals surface area contributed by atoms with Gasteiger partial charge >= 0.3 is 5.97 Å². The first-order valence-electron chi connectivity index (χ1n) is 7.49. The maximum Gasteiger partial charge on any atom is 0.331 e. The van der Waals surface area contributed by atoms with Crippen molar-refractivity contribution in [2.45, 2.75) is 26.3 Å². The van der Waals surface area contributed by atoms with E-state index in [1.165, 1.54) is 5.56 Å². The largest absolute Gasteiger partial charge is 0.478 e. The summed E-state index contributed by atoms with van der Waals surface area (Å²) in [5, 5.41) is 12.1. The Hall–Kier alpha value is -1.65. The van der Waals surface area contributed by atoms with Crippen molar-refractivity contribution in [1.29, 1.82) is 0 Å². The van der Waals surface area contributed by atoms with E-state index in [0.29, 0.717) is 18.5 Å². The Morgan fingerprint density at radius 3 is 2.67 bits per heavy atom. The van der Waals surface area contributed by atoms with E-state index in [4.69, 9.17) is 5.11 Å². The van der Waals surface area contributed by atoms with Crippen LogP contribution in [-0.2, 0) is 11.3 Å². The van der Waals surface area contributed by atoms with Crippen LogP contribution in [0.25, 0.3) is 0 Å². The van der Waals surface area contributed by atoms with Crippen LogP contribution in [0.4, 0.5) is 0 Å². The third-order valence-corrected chi connectivity index (χ3v) is 3.34. The Labute approximate surface area is 127 Å². The Kier molecular flexibility index (Phi) is 8.40. The van der Waals surface area contributed by atoms with Crippen molar-refractivity contribution in [2.24, 2.45) is 0 Å². The summed E-state index contributed by atoms with van der Waals surface area (Å²) in [6.07, 6.45) is 3.37. The third kappa shape index (κ3) is 7.63. The van der Waals surface area contributed by atoms with E-state index in [1.54, 1.807) is 6.08 Å². The number of nitrogens with zero attached hydrogens (tertiary/aromatic N) is 1. The number of carbonyl (C=O) groups is 1. The Morgan fingerprint density at radius 2 is 2.05 bits per heavy atom. The zero-order valence-electron chi connectivity index (χ0n) is 13.0. The number of benzene rings is 1. The first kappa shape index (κ1) is 17.4. The van der Waals surface area contributed by atoms with Crippen LogP contribution >= 0.6 is 0 Å². The molecule has 0 unspecified atom stereocenters. The highest BCUT2D eigenvalue weighted by Gasteiger charge is 2.02. The smallest absolute Gasteiger partial charge is 0.331 e. The molecule has 0 saturated carbocycles. The Bertz CT molecular complexity index is 443. The maximum atomic E-state index is 10.8. The highest BCUT2D eigenvalue weighted by Crippen LogP contribution is 2.02. The minimum atomic E-state index is -0.818. The molecule has 116 valence electrons. The summed E-state index contributed by atoms with van der Waals surface area (Å²) in [5.74, 6) is -0.818. The molecule has 21 heavy (non-hydrogen) atoms. The van der Waals surface area contributed by atoms with Gasteiger partial charge in [-0.1, -0.05) is 43.3 Å². The van der Waals surface area contributed by atoms with Gasteiger partial charge in [0.2, 0.25) is 0 Å². The predicted octanol–water partition coefficient (Wildman–Crippen LogP) is 2.52. The van der Waals surface area contributed by atoms with Crippen molar-refractivity contribution in [3.63, 3.8) is 0 Å². The zero-order chi connectivity index (χ0) is 15.5. The van der Waals surface area contributed by atoms with E-state index in [9.17, 15) is 4.79 Å². The Morgan fingerprint density at radius 1 is 1.33 bits per heavy atom. The van der Waals surface area contributed by atoms with Crippen molar-refractivity contribution in [3.8, 4) is 0 Å². The van der Waals surface area contributed by atoms with Crippen LogP contribution < -0.4 is 5.32 Å². The van der Waals surface area contributed by atoms with Gasteiger partial charge in [-0.15, -0.1) is 0 Å². The first-order valence-corrected chi connectivity index (χ1v) is 7.49. The number of carboxylic acid groups (broad SMARTS) is 1. The van der Waals surface area contributed by atoms with E-state index in [2.05, 4.69) is 41.5 Å². The van der Waals surface area contributed by atoms with Crippen molar-refractivity contribution in [3.05, 3.63) is 47.5 Å². The topological polar surface area (TPSA) is 52.6 Å². The van der Waals surface area contributed by atoms with Crippen LogP contribution in [-0.4, -0.2) is 42.7 Å². The summed E-state index contributed by atoms with van der Waals surface area (Å²) >= 11 is 0. The molecule has 0 bridgehead atoms. The van der Waals surface area contributed by atoms with Gasteiger partial charge in [0.05, 0.1) is 0 Å². The third-order valence-electron chi connectivity index (χ3n) is 3.34. The van der Waals surface area contributed by atoms with Gasteiger partial charge in [-0.25, -0.2) is 4.79 Å². The fraction of sp³-hybridized carbons (Fsp3) is 0.471. The fourth-order valence-electron chi connectivity index (χ4n) is 2.13. The molecule has 0 spiro atoms. The van der Waals surface area contributed by atoms with E-state index < -0.39 is 5.97 Å². The van der Waals surface area contributed by atoms with E-state index in [-0.39, 0.29) is 0 Å². The molecule has 4 heteroatoms. The molecule has 0 fully saturated rings. The van der Waals surface area contributed by atoms with Crippen LogP contribution in [0.1, 0.15) is 25.3 Å². The van der Waals surface area contributed by atoms with E-state index >= 15 is 0 Å². The van der Waals surface area contributed by atoms with Crippen LogP contribution in [0.2, 0.25) is 0 Å². The second-order valence-electron chi connectivity index (χ2n) is 5.17. The minimum Gasteiger partial charge on any atom is -0.478 e. The fourth-order valence-corrected chi connectivity index (χ4v) is 2.13. The molecule has 1 aromatic rings. The quantitative estimate of drug-likeness (QED) is 0.513. The molecule has 0 amide bonds. The molecule has 0 aliphatic rings. The molecular weight excluding hydrogens is 264 g/mol. The molecule has 0 aliphatic carbocycles. The van der Waals surface area contributed by atoms with Crippen molar-refractivity contribution in [1.82, 2.24) is 10.2 Å². The van der Waals surface area contributed by atoms with Gasteiger partial charge in [-0.05, 0) is 38.5 Å². The zero-order valence-corrected chi connectivity index (χ0v) is 13.0. The molecule has 0 aliphatic heterocycles. The molecule has 0 radical (unpaired) electrons. The highest BCUT2D eigenvalue weighted by molar-refractivity contribution is 5.86. The standard InChI is InChI=1S/C17H26N2O2/c1-3-16(17(20)21)10-12-18-11-7-13-19(2)14-15-8-5-4-6-9-15/h4-6,8-10,18H,3,7,11-14H2,1-2H3,(H,20,21)/b16-10-.